The minimum absolute atomic E-state index is 0.0421. The fraction of sp³-hybridized carbons (Fsp3) is 0.346. The van der Waals surface area contributed by atoms with E-state index in [4.69, 9.17) is 14.2 Å². The number of carbonyl (C=O) groups is 2. The highest BCUT2D eigenvalue weighted by Crippen LogP contribution is 2.30. The lowest BCUT2D eigenvalue weighted by molar-refractivity contribution is -0.137. The Bertz CT molecular complexity index is 1110. The van der Waals surface area contributed by atoms with E-state index in [1.165, 1.54) is 6.08 Å². The molecule has 0 aromatic heterocycles. The van der Waals surface area contributed by atoms with E-state index in [0.717, 1.165) is 11.1 Å². The summed E-state index contributed by atoms with van der Waals surface area (Å²) in [7, 11) is 0. The van der Waals surface area contributed by atoms with Gasteiger partial charge in [0.1, 0.15) is 11.6 Å². The molecule has 1 saturated heterocycles. The molecule has 0 radical (unpaired) electrons. The van der Waals surface area contributed by atoms with Crippen molar-refractivity contribution in [1.82, 2.24) is 4.90 Å². The van der Waals surface area contributed by atoms with Crippen molar-refractivity contribution in [2.75, 3.05) is 44.8 Å². The number of morpholine rings is 1. The first kappa shape index (κ1) is 24.8. The predicted octanol–water partition coefficient (Wildman–Crippen LogP) is 3.49. The van der Waals surface area contributed by atoms with Crippen molar-refractivity contribution in [1.29, 1.82) is 5.26 Å². The largest absolute Gasteiger partial charge is 0.490 e. The summed E-state index contributed by atoms with van der Waals surface area (Å²) in [6.07, 6.45) is 1.49. The third-order valence-corrected chi connectivity index (χ3v) is 5.51. The zero-order chi connectivity index (χ0) is 24.5. The number of ether oxygens (including phenoxy) is 3. The van der Waals surface area contributed by atoms with E-state index in [1.54, 1.807) is 29.2 Å². The summed E-state index contributed by atoms with van der Waals surface area (Å²) in [4.78, 5) is 26.8. The molecule has 2 amide bonds. The third kappa shape index (κ3) is 6.36. The number of nitrogens with one attached hydrogen (secondary N) is 1. The highest BCUT2D eigenvalue weighted by Gasteiger charge is 2.18. The van der Waals surface area contributed by atoms with Crippen molar-refractivity contribution in [2.45, 2.75) is 20.8 Å². The zero-order valence-electron chi connectivity index (χ0n) is 19.7. The van der Waals surface area contributed by atoms with Gasteiger partial charge in [-0.25, -0.2) is 0 Å². The lowest BCUT2D eigenvalue weighted by Gasteiger charge is -2.26. The van der Waals surface area contributed by atoms with Crippen molar-refractivity contribution in [3.8, 4) is 17.6 Å². The van der Waals surface area contributed by atoms with Gasteiger partial charge >= 0.3 is 0 Å². The van der Waals surface area contributed by atoms with Gasteiger partial charge in [-0.15, -0.1) is 0 Å². The van der Waals surface area contributed by atoms with Crippen molar-refractivity contribution >= 4 is 23.6 Å². The number of hydrogen-bond acceptors (Lipinski definition) is 6. The molecule has 8 heteroatoms. The predicted molar refractivity (Wildman–Crippen MR) is 129 cm³/mol. The van der Waals surface area contributed by atoms with E-state index in [-0.39, 0.29) is 18.1 Å². The highest BCUT2D eigenvalue weighted by molar-refractivity contribution is 6.10. The Balaban J connectivity index is 1.74. The van der Waals surface area contributed by atoms with Gasteiger partial charge in [0.25, 0.3) is 11.8 Å². The Morgan fingerprint density at radius 2 is 1.91 bits per heavy atom. The van der Waals surface area contributed by atoms with E-state index in [9.17, 15) is 14.9 Å². The smallest absolute Gasteiger partial charge is 0.266 e. The maximum Gasteiger partial charge on any atom is 0.266 e. The van der Waals surface area contributed by atoms with Crippen LogP contribution >= 0.6 is 0 Å². The molecule has 0 aliphatic carbocycles. The molecule has 1 fully saturated rings. The number of anilines is 1. The number of carbonyl (C=O) groups excluding carboxylic acids is 2. The minimum Gasteiger partial charge on any atom is -0.490 e. The average Bonchev–Trinajstić information content (AvgIpc) is 2.85. The van der Waals surface area contributed by atoms with Gasteiger partial charge in [0.05, 0.1) is 19.8 Å². The van der Waals surface area contributed by atoms with Crippen LogP contribution in [0.1, 0.15) is 23.6 Å². The zero-order valence-corrected chi connectivity index (χ0v) is 19.7. The van der Waals surface area contributed by atoms with Crippen LogP contribution in [0.4, 0.5) is 5.69 Å². The average molecular weight is 464 g/mol. The fourth-order valence-corrected chi connectivity index (χ4v) is 3.44. The van der Waals surface area contributed by atoms with Gasteiger partial charge < -0.3 is 24.4 Å². The number of nitriles is 1. The molecule has 34 heavy (non-hydrogen) atoms. The molecule has 3 rings (SSSR count). The monoisotopic (exact) mass is 463 g/mol. The van der Waals surface area contributed by atoms with Crippen LogP contribution in [0, 0.1) is 25.2 Å². The van der Waals surface area contributed by atoms with Crippen LogP contribution in [0.5, 0.6) is 11.5 Å². The van der Waals surface area contributed by atoms with E-state index < -0.39 is 5.91 Å². The molecule has 1 heterocycles. The summed E-state index contributed by atoms with van der Waals surface area (Å²) in [5.41, 5.74) is 3.21. The standard InChI is InChI=1S/C26H29N3O5/c1-4-33-24-15-20(8-9-23(24)34-17-25(30)29-10-12-32-13-11-29)14-21(16-27)26(31)28-22-7-5-6-18(2)19(22)3/h5-9,14-15H,4,10-13,17H2,1-3H3,(H,28,31)/b21-14-. The highest BCUT2D eigenvalue weighted by atomic mass is 16.5. The Morgan fingerprint density at radius 1 is 1.15 bits per heavy atom. The maximum absolute atomic E-state index is 12.7. The van der Waals surface area contributed by atoms with Gasteiger partial charge in [-0.2, -0.15) is 5.26 Å². The molecule has 0 saturated carbocycles. The van der Waals surface area contributed by atoms with Gasteiger partial charge in [-0.05, 0) is 61.7 Å². The number of rotatable bonds is 8. The maximum atomic E-state index is 12.7. The molecule has 2 aromatic carbocycles. The van der Waals surface area contributed by atoms with Gasteiger partial charge in [0.15, 0.2) is 18.1 Å². The summed E-state index contributed by atoms with van der Waals surface area (Å²) in [6.45, 7) is 8.12. The van der Waals surface area contributed by atoms with Crippen LogP contribution in [-0.2, 0) is 14.3 Å². The van der Waals surface area contributed by atoms with Crippen molar-refractivity contribution in [3.05, 3.63) is 58.7 Å². The van der Waals surface area contributed by atoms with Gasteiger partial charge in [0, 0.05) is 18.8 Å². The second-order valence-corrected chi connectivity index (χ2v) is 7.79. The number of hydrogen-bond donors (Lipinski definition) is 1. The second kappa shape index (κ2) is 11.9. The Kier molecular flexibility index (Phi) is 8.66. The number of amides is 2. The van der Waals surface area contributed by atoms with Crippen molar-refractivity contribution in [2.24, 2.45) is 0 Å². The summed E-state index contributed by atoms with van der Waals surface area (Å²) >= 11 is 0. The van der Waals surface area contributed by atoms with Crippen molar-refractivity contribution < 1.29 is 23.8 Å². The molecule has 1 aliphatic heterocycles. The summed E-state index contributed by atoms with van der Waals surface area (Å²) < 4.78 is 16.7. The van der Waals surface area contributed by atoms with E-state index in [0.29, 0.717) is 55.7 Å². The first-order chi connectivity index (χ1) is 16.4. The topological polar surface area (TPSA) is 101 Å². The number of benzene rings is 2. The molecule has 0 spiro atoms. The molecule has 0 atom stereocenters. The molecule has 1 aliphatic rings. The molecule has 2 aromatic rings. The first-order valence-corrected chi connectivity index (χ1v) is 11.2. The Morgan fingerprint density at radius 3 is 2.62 bits per heavy atom. The van der Waals surface area contributed by atoms with E-state index in [2.05, 4.69) is 5.32 Å². The molecular weight excluding hydrogens is 434 g/mol. The number of nitrogens with zero attached hydrogens (tertiary/aromatic N) is 2. The molecule has 0 unspecified atom stereocenters. The van der Waals surface area contributed by atoms with Crippen LogP contribution in [0.15, 0.2) is 42.0 Å². The molecule has 0 bridgehead atoms. The summed E-state index contributed by atoms with van der Waals surface area (Å²) in [5, 5.41) is 12.4. The second-order valence-electron chi connectivity index (χ2n) is 7.79. The molecule has 1 N–H and O–H groups in total. The van der Waals surface area contributed by atoms with Gasteiger partial charge in [-0.1, -0.05) is 18.2 Å². The fourth-order valence-electron chi connectivity index (χ4n) is 3.44. The SMILES string of the molecule is CCOc1cc(/C=C(/C#N)C(=O)Nc2cccc(C)c2C)ccc1OCC(=O)N1CCOCC1. The first-order valence-electron chi connectivity index (χ1n) is 11.2. The number of aryl methyl sites for hydroxylation is 1. The van der Waals surface area contributed by atoms with Crippen LogP contribution < -0.4 is 14.8 Å². The van der Waals surface area contributed by atoms with E-state index in [1.807, 2.05) is 39.0 Å². The van der Waals surface area contributed by atoms with Crippen LogP contribution in [-0.4, -0.2) is 56.2 Å². The van der Waals surface area contributed by atoms with E-state index >= 15 is 0 Å². The normalized spacial score (nSPS) is 13.7. The van der Waals surface area contributed by atoms with Gasteiger partial charge in [-0.3, -0.25) is 9.59 Å². The third-order valence-electron chi connectivity index (χ3n) is 5.51. The summed E-state index contributed by atoms with van der Waals surface area (Å²) in [5.74, 6) is 0.229. The summed E-state index contributed by atoms with van der Waals surface area (Å²) in [6, 6.07) is 12.6. The van der Waals surface area contributed by atoms with Gasteiger partial charge in [0.2, 0.25) is 0 Å². The van der Waals surface area contributed by atoms with Crippen LogP contribution in [0.25, 0.3) is 6.08 Å². The van der Waals surface area contributed by atoms with Crippen molar-refractivity contribution in [3.63, 3.8) is 0 Å². The Hall–Kier alpha value is -3.83. The lowest BCUT2D eigenvalue weighted by atomic mass is 10.1. The minimum atomic E-state index is -0.495. The molecular formula is C26H29N3O5. The Labute approximate surface area is 199 Å². The molecule has 178 valence electrons. The molecule has 8 nitrogen and oxygen atoms in total. The lowest BCUT2D eigenvalue weighted by Crippen LogP contribution is -2.43. The van der Waals surface area contributed by atoms with Crippen LogP contribution in [0.3, 0.4) is 0 Å². The van der Waals surface area contributed by atoms with Crippen LogP contribution in [0.2, 0.25) is 0 Å². The quantitative estimate of drug-likeness (QED) is 0.475.